The highest BCUT2D eigenvalue weighted by Gasteiger charge is 2.11. The van der Waals surface area contributed by atoms with Crippen LogP contribution in [0.3, 0.4) is 0 Å². The molecule has 0 saturated heterocycles. The van der Waals surface area contributed by atoms with E-state index in [0.717, 1.165) is 16.8 Å². The zero-order chi connectivity index (χ0) is 12.1. The van der Waals surface area contributed by atoms with Gasteiger partial charge in [-0.15, -0.1) is 0 Å². The van der Waals surface area contributed by atoms with Crippen molar-refractivity contribution in [2.45, 2.75) is 26.7 Å². The summed E-state index contributed by atoms with van der Waals surface area (Å²) in [6.07, 6.45) is 0. The number of ether oxygens (including phenoxy) is 1. The topological polar surface area (TPSA) is 38.3 Å². The van der Waals surface area contributed by atoms with Crippen molar-refractivity contribution in [1.29, 1.82) is 0 Å². The minimum atomic E-state index is -0.112. The first-order valence-electron chi connectivity index (χ1n) is 5.44. The molecule has 0 aliphatic carbocycles. The molecule has 1 aromatic carbocycles. The number of nitrogens with one attached hydrogen (secondary N) is 1. The van der Waals surface area contributed by atoms with Gasteiger partial charge in [-0.25, -0.2) is 0 Å². The number of carbonyl (C=O) groups is 1. The molecule has 3 heteroatoms. The van der Waals surface area contributed by atoms with Crippen LogP contribution in [0.1, 0.15) is 30.9 Å². The molecule has 0 unspecified atom stereocenters. The molecule has 0 heterocycles. The van der Waals surface area contributed by atoms with Gasteiger partial charge in [-0.1, -0.05) is 32.0 Å². The summed E-state index contributed by atoms with van der Waals surface area (Å²) in [5, 5.41) is 2.90. The molecule has 1 aromatic rings. The third-order valence-corrected chi connectivity index (χ3v) is 2.47. The summed E-state index contributed by atoms with van der Waals surface area (Å²) in [5.41, 5.74) is 3.15. The first kappa shape index (κ1) is 12.7. The van der Waals surface area contributed by atoms with Crippen LogP contribution in [0.4, 0.5) is 5.69 Å². The fraction of sp³-hybridized carbons (Fsp3) is 0.462. The molecule has 0 aliphatic heterocycles. The lowest BCUT2D eigenvalue weighted by Crippen LogP contribution is -2.19. The largest absolute Gasteiger partial charge is 0.375 e. The summed E-state index contributed by atoms with van der Waals surface area (Å²) in [4.78, 5) is 11.5. The van der Waals surface area contributed by atoms with Gasteiger partial charge in [0.2, 0.25) is 5.91 Å². The minimum absolute atomic E-state index is 0.0892. The molecule has 1 N–H and O–H groups in total. The molecule has 0 saturated carbocycles. The lowest BCUT2D eigenvalue weighted by Gasteiger charge is -2.16. The Morgan fingerprint density at radius 2 is 2.12 bits per heavy atom. The molecule has 1 amide bonds. The third-order valence-electron chi connectivity index (χ3n) is 2.47. The van der Waals surface area contributed by atoms with Gasteiger partial charge in [0.15, 0.2) is 0 Å². The van der Waals surface area contributed by atoms with Crippen LogP contribution in [0.15, 0.2) is 18.2 Å². The van der Waals surface area contributed by atoms with Gasteiger partial charge in [0.1, 0.15) is 6.61 Å². The van der Waals surface area contributed by atoms with Crippen LogP contribution in [0, 0.1) is 6.92 Å². The molecule has 16 heavy (non-hydrogen) atoms. The van der Waals surface area contributed by atoms with E-state index in [1.54, 1.807) is 0 Å². The molecule has 0 atom stereocenters. The Hall–Kier alpha value is -1.35. The van der Waals surface area contributed by atoms with E-state index in [2.05, 4.69) is 19.2 Å². The Bertz CT molecular complexity index is 372. The van der Waals surface area contributed by atoms with E-state index in [1.165, 1.54) is 7.11 Å². The predicted molar refractivity (Wildman–Crippen MR) is 65.8 cm³/mol. The van der Waals surface area contributed by atoms with Crippen molar-refractivity contribution in [3.05, 3.63) is 29.3 Å². The summed E-state index contributed by atoms with van der Waals surface area (Å²) in [6.45, 7) is 6.31. The molecular weight excluding hydrogens is 202 g/mol. The number of methoxy groups -OCH3 is 1. The first-order chi connectivity index (χ1) is 7.56. The second-order valence-corrected chi connectivity index (χ2v) is 4.18. The normalized spacial score (nSPS) is 10.6. The van der Waals surface area contributed by atoms with Gasteiger partial charge in [-0.2, -0.15) is 0 Å². The standard InChI is InChI=1S/C13H19NO2/c1-9(2)11-7-5-6-10(3)13(11)14-12(15)8-16-4/h5-7,9H,8H2,1-4H3,(H,14,15). The maximum atomic E-state index is 11.5. The summed E-state index contributed by atoms with van der Waals surface area (Å²) in [5.74, 6) is 0.274. The Morgan fingerprint density at radius 1 is 1.44 bits per heavy atom. The zero-order valence-corrected chi connectivity index (χ0v) is 10.3. The summed E-state index contributed by atoms with van der Waals surface area (Å²) in [7, 11) is 1.51. The molecule has 0 bridgehead atoms. The molecule has 0 spiro atoms. The van der Waals surface area contributed by atoms with E-state index < -0.39 is 0 Å². The number of carbonyl (C=O) groups excluding carboxylic acids is 1. The van der Waals surface area contributed by atoms with E-state index in [1.807, 2.05) is 25.1 Å². The van der Waals surface area contributed by atoms with Crippen molar-refractivity contribution in [1.82, 2.24) is 0 Å². The highest BCUT2D eigenvalue weighted by atomic mass is 16.5. The Labute approximate surface area is 96.8 Å². The molecule has 0 aliphatic rings. The molecule has 1 rings (SSSR count). The molecule has 0 fully saturated rings. The van der Waals surface area contributed by atoms with Crippen molar-refractivity contribution < 1.29 is 9.53 Å². The van der Waals surface area contributed by atoms with Crippen molar-refractivity contribution in [2.24, 2.45) is 0 Å². The van der Waals surface area contributed by atoms with Crippen LogP contribution in [0.5, 0.6) is 0 Å². The maximum absolute atomic E-state index is 11.5. The van der Waals surface area contributed by atoms with E-state index in [4.69, 9.17) is 4.74 Å². The minimum Gasteiger partial charge on any atom is -0.375 e. The van der Waals surface area contributed by atoms with Crippen LogP contribution < -0.4 is 5.32 Å². The van der Waals surface area contributed by atoms with Crippen molar-refractivity contribution in [2.75, 3.05) is 19.0 Å². The van der Waals surface area contributed by atoms with E-state index >= 15 is 0 Å². The number of amides is 1. The number of anilines is 1. The van der Waals surface area contributed by atoms with Gasteiger partial charge in [0.05, 0.1) is 0 Å². The van der Waals surface area contributed by atoms with Crippen molar-refractivity contribution >= 4 is 11.6 Å². The van der Waals surface area contributed by atoms with Crippen molar-refractivity contribution in [3.63, 3.8) is 0 Å². The number of hydrogen-bond acceptors (Lipinski definition) is 2. The second-order valence-electron chi connectivity index (χ2n) is 4.18. The smallest absolute Gasteiger partial charge is 0.250 e. The number of para-hydroxylation sites is 1. The quantitative estimate of drug-likeness (QED) is 0.849. The van der Waals surface area contributed by atoms with Crippen LogP contribution in [0.2, 0.25) is 0 Å². The first-order valence-corrected chi connectivity index (χ1v) is 5.44. The number of hydrogen-bond donors (Lipinski definition) is 1. The van der Waals surface area contributed by atoms with Crippen LogP contribution in [-0.2, 0) is 9.53 Å². The lowest BCUT2D eigenvalue weighted by molar-refractivity contribution is -0.119. The van der Waals surface area contributed by atoms with Gasteiger partial charge in [0.25, 0.3) is 0 Å². The molecule has 0 aromatic heterocycles. The molecular formula is C13H19NO2. The number of benzene rings is 1. The summed E-state index contributed by atoms with van der Waals surface area (Å²) in [6, 6.07) is 6.05. The Kier molecular flexibility index (Phi) is 4.50. The zero-order valence-electron chi connectivity index (χ0n) is 10.3. The van der Waals surface area contributed by atoms with Gasteiger partial charge in [-0.3, -0.25) is 4.79 Å². The number of rotatable bonds is 4. The van der Waals surface area contributed by atoms with Gasteiger partial charge in [-0.05, 0) is 24.0 Å². The highest BCUT2D eigenvalue weighted by Crippen LogP contribution is 2.27. The third kappa shape index (κ3) is 3.07. The van der Waals surface area contributed by atoms with Crippen LogP contribution in [-0.4, -0.2) is 19.6 Å². The summed E-state index contributed by atoms with van der Waals surface area (Å²) < 4.78 is 4.80. The van der Waals surface area contributed by atoms with E-state index in [9.17, 15) is 4.79 Å². The highest BCUT2D eigenvalue weighted by molar-refractivity contribution is 5.93. The average molecular weight is 221 g/mol. The van der Waals surface area contributed by atoms with Gasteiger partial charge in [0, 0.05) is 12.8 Å². The van der Waals surface area contributed by atoms with Crippen LogP contribution in [0.25, 0.3) is 0 Å². The Balaban J connectivity index is 2.97. The second kappa shape index (κ2) is 5.66. The Morgan fingerprint density at radius 3 is 2.69 bits per heavy atom. The molecule has 88 valence electrons. The fourth-order valence-electron chi connectivity index (χ4n) is 1.65. The van der Waals surface area contributed by atoms with E-state index in [-0.39, 0.29) is 12.5 Å². The predicted octanol–water partition coefficient (Wildman–Crippen LogP) is 2.70. The lowest BCUT2D eigenvalue weighted by atomic mass is 9.98. The summed E-state index contributed by atoms with van der Waals surface area (Å²) >= 11 is 0. The maximum Gasteiger partial charge on any atom is 0.250 e. The molecule has 3 nitrogen and oxygen atoms in total. The van der Waals surface area contributed by atoms with Gasteiger partial charge >= 0.3 is 0 Å². The van der Waals surface area contributed by atoms with Gasteiger partial charge < -0.3 is 10.1 Å². The van der Waals surface area contributed by atoms with Crippen molar-refractivity contribution in [3.8, 4) is 0 Å². The van der Waals surface area contributed by atoms with E-state index in [0.29, 0.717) is 5.92 Å². The fourth-order valence-corrected chi connectivity index (χ4v) is 1.65. The average Bonchev–Trinajstić information content (AvgIpc) is 2.21. The number of aryl methyl sites for hydroxylation is 1. The molecule has 0 radical (unpaired) electrons. The SMILES string of the molecule is COCC(=O)Nc1c(C)cccc1C(C)C. The van der Waals surface area contributed by atoms with Crippen LogP contribution >= 0.6 is 0 Å². The monoisotopic (exact) mass is 221 g/mol.